The molecule has 3 heterocycles. The Hall–Kier alpha value is -1.73. The second-order valence-electron chi connectivity index (χ2n) is 4.01. The molecule has 1 unspecified atom stereocenters. The van der Waals surface area contributed by atoms with Crippen LogP contribution in [0.15, 0.2) is 24.5 Å². The van der Waals surface area contributed by atoms with Crippen LogP contribution in [0.2, 0.25) is 0 Å². The molecule has 0 aromatic carbocycles. The minimum Gasteiger partial charge on any atom is -0.374 e. The lowest BCUT2D eigenvalue weighted by Crippen LogP contribution is -2.38. The molecule has 1 saturated heterocycles. The van der Waals surface area contributed by atoms with Crippen LogP contribution >= 0.6 is 11.3 Å². The van der Waals surface area contributed by atoms with Crippen molar-refractivity contribution in [1.82, 2.24) is 15.2 Å². The van der Waals surface area contributed by atoms with Gasteiger partial charge in [-0.25, -0.2) is 0 Å². The molecular weight excluding hydrogens is 250 g/mol. The van der Waals surface area contributed by atoms with Crippen LogP contribution in [0.5, 0.6) is 0 Å². The average Bonchev–Trinajstić information content (AvgIpc) is 2.87. The van der Waals surface area contributed by atoms with Gasteiger partial charge in [-0.3, -0.25) is 4.98 Å². The fourth-order valence-electron chi connectivity index (χ4n) is 1.95. The van der Waals surface area contributed by atoms with Gasteiger partial charge >= 0.3 is 0 Å². The molecule has 1 atom stereocenters. The summed E-state index contributed by atoms with van der Waals surface area (Å²) in [4.78, 5) is 6.27. The molecule has 94 valence electrons. The molecule has 0 bridgehead atoms. The predicted octanol–water partition coefficient (Wildman–Crippen LogP) is 1.09. The zero-order valence-corrected chi connectivity index (χ0v) is 10.5. The summed E-state index contributed by atoms with van der Waals surface area (Å²) in [5.74, 6) is 0. The molecule has 1 aliphatic heterocycles. The monoisotopic (exact) mass is 263 g/mol. The van der Waals surface area contributed by atoms with Crippen molar-refractivity contribution in [3.05, 3.63) is 30.1 Å². The van der Waals surface area contributed by atoms with Gasteiger partial charge in [0.25, 0.3) is 0 Å². The molecule has 1 aliphatic rings. The van der Waals surface area contributed by atoms with Crippen molar-refractivity contribution in [3.8, 4) is 0 Å². The number of nitrogens with zero attached hydrogens (tertiary/aromatic N) is 4. The molecule has 0 spiro atoms. The fraction of sp³-hybridized carbons (Fsp3) is 0.364. The van der Waals surface area contributed by atoms with Crippen LogP contribution in [-0.4, -0.2) is 34.9 Å². The van der Waals surface area contributed by atoms with E-state index in [4.69, 9.17) is 10.5 Å². The summed E-state index contributed by atoms with van der Waals surface area (Å²) >= 11 is 1.40. The van der Waals surface area contributed by atoms with Gasteiger partial charge in [0.1, 0.15) is 6.10 Å². The summed E-state index contributed by atoms with van der Waals surface area (Å²) in [7, 11) is 0. The summed E-state index contributed by atoms with van der Waals surface area (Å²) in [6.45, 7) is 2.23. The van der Waals surface area contributed by atoms with Crippen molar-refractivity contribution in [2.75, 3.05) is 30.3 Å². The zero-order valence-electron chi connectivity index (χ0n) is 9.69. The van der Waals surface area contributed by atoms with E-state index in [0.29, 0.717) is 11.7 Å². The lowest BCUT2D eigenvalue weighted by Gasteiger charge is -2.32. The van der Waals surface area contributed by atoms with Gasteiger partial charge in [0.05, 0.1) is 13.2 Å². The van der Waals surface area contributed by atoms with Crippen LogP contribution in [0.3, 0.4) is 0 Å². The van der Waals surface area contributed by atoms with E-state index in [-0.39, 0.29) is 6.10 Å². The van der Waals surface area contributed by atoms with E-state index in [1.54, 1.807) is 6.20 Å². The molecule has 2 aromatic rings. The first-order valence-electron chi connectivity index (χ1n) is 5.68. The summed E-state index contributed by atoms with van der Waals surface area (Å²) in [6, 6.07) is 3.94. The van der Waals surface area contributed by atoms with Crippen LogP contribution in [0, 0.1) is 0 Å². The Bertz CT molecular complexity index is 517. The number of hydrogen-bond acceptors (Lipinski definition) is 7. The minimum absolute atomic E-state index is 0.0255. The van der Waals surface area contributed by atoms with Crippen LogP contribution < -0.4 is 10.6 Å². The van der Waals surface area contributed by atoms with Crippen LogP contribution in [0.4, 0.5) is 10.3 Å². The molecule has 0 saturated carbocycles. The van der Waals surface area contributed by atoms with Gasteiger partial charge in [-0.15, -0.1) is 10.2 Å². The first kappa shape index (κ1) is 11.4. The second kappa shape index (κ2) is 4.87. The topological polar surface area (TPSA) is 77.2 Å². The van der Waals surface area contributed by atoms with E-state index in [0.717, 1.165) is 23.8 Å². The highest BCUT2D eigenvalue weighted by molar-refractivity contribution is 7.18. The maximum Gasteiger partial charge on any atom is 0.210 e. The molecule has 3 rings (SSSR count). The highest BCUT2D eigenvalue weighted by atomic mass is 32.1. The molecule has 1 fully saturated rings. The number of morpholine rings is 1. The van der Waals surface area contributed by atoms with Crippen molar-refractivity contribution >= 4 is 21.6 Å². The second-order valence-corrected chi connectivity index (χ2v) is 5.00. The van der Waals surface area contributed by atoms with E-state index in [1.165, 1.54) is 11.3 Å². The standard InChI is InChI=1S/C11H13N5OS/c12-10-14-15-11(18-10)16-4-5-17-9(7-16)8-2-1-3-13-6-8/h1-3,6,9H,4-5,7H2,(H2,12,14). The van der Waals surface area contributed by atoms with Crippen LogP contribution in [0.1, 0.15) is 11.7 Å². The fourth-order valence-corrected chi connectivity index (χ4v) is 2.59. The van der Waals surface area contributed by atoms with Crippen molar-refractivity contribution in [2.45, 2.75) is 6.10 Å². The first-order valence-corrected chi connectivity index (χ1v) is 6.50. The van der Waals surface area contributed by atoms with Crippen molar-refractivity contribution in [3.63, 3.8) is 0 Å². The van der Waals surface area contributed by atoms with Crippen molar-refractivity contribution in [1.29, 1.82) is 0 Å². The predicted molar refractivity (Wildman–Crippen MR) is 69.5 cm³/mol. The molecule has 0 amide bonds. The quantitative estimate of drug-likeness (QED) is 0.874. The Morgan fingerprint density at radius 2 is 2.39 bits per heavy atom. The van der Waals surface area contributed by atoms with Crippen LogP contribution in [-0.2, 0) is 4.74 Å². The number of anilines is 2. The molecule has 2 N–H and O–H groups in total. The van der Waals surface area contributed by atoms with Gasteiger partial charge in [0.15, 0.2) is 0 Å². The highest BCUT2D eigenvalue weighted by Crippen LogP contribution is 2.28. The van der Waals surface area contributed by atoms with Gasteiger partial charge in [0.2, 0.25) is 10.3 Å². The number of pyridine rings is 1. The lowest BCUT2D eigenvalue weighted by molar-refractivity contribution is 0.0395. The maximum atomic E-state index is 5.77. The van der Waals surface area contributed by atoms with Crippen LogP contribution in [0.25, 0.3) is 0 Å². The zero-order chi connectivity index (χ0) is 12.4. The van der Waals surface area contributed by atoms with Crippen molar-refractivity contribution < 1.29 is 4.74 Å². The van der Waals surface area contributed by atoms with Crippen molar-refractivity contribution in [2.24, 2.45) is 0 Å². The summed E-state index contributed by atoms with van der Waals surface area (Å²) in [5, 5.41) is 9.25. The third-order valence-corrected chi connectivity index (χ3v) is 3.64. The van der Waals surface area contributed by atoms with Gasteiger partial charge in [-0.1, -0.05) is 17.4 Å². The number of rotatable bonds is 2. The smallest absolute Gasteiger partial charge is 0.210 e. The molecule has 0 aliphatic carbocycles. The maximum absolute atomic E-state index is 5.77. The molecule has 7 heteroatoms. The van der Waals surface area contributed by atoms with E-state index < -0.39 is 0 Å². The highest BCUT2D eigenvalue weighted by Gasteiger charge is 2.24. The third-order valence-electron chi connectivity index (χ3n) is 2.82. The van der Waals surface area contributed by atoms with E-state index in [9.17, 15) is 0 Å². The molecule has 6 nitrogen and oxygen atoms in total. The molecule has 0 radical (unpaired) electrons. The van der Waals surface area contributed by atoms with E-state index in [2.05, 4.69) is 20.1 Å². The number of nitrogen functional groups attached to an aromatic ring is 1. The summed E-state index contributed by atoms with van der Waals surface area (Å²) in [6.07, 6.45) is 3.62. The molecule has 18 heavy (non-hydrogen) atoms. The number of nitrogens with two attached hydrogens (primary N) is 1. The average molecular weight is 263 g/mol. The Morgan fingerprint density at radius 3 is 3.11 bits per heavy atom. The summed E-state index contributed by atoms with van der Waals surface area (Å²) < 4.78 is 5.77. The SMILES string of the molecule is Nc1nnc(N2CCOC(c3cccnc3)C2)s1. The number of hydrogen-bond donors (Lipinski definition) is 1. The Kier molecular flexibility index (Phi) is 3.07. The number of aromatic nitrogens is 3. The van der Waals surface area contributed by atoms with Gasteiger partial charge in [-0.05, 0) is 6.07 Å². The third kappa shape index (κ3) is 2.27. The van der Waals surface area contributed by atoms with E-state index in [1.807, 2.05) is 18.3 Å². The first-order chi connectivity index (χ1) is 8.83. The Balaban J connectivity index is 1.76. The van der Waals surface area contributed by atoms with Gasteiger partial charge in [-0.2, -0.15) is 0 Å². The Morgan fingerprint density at radius 1 is 1.44 bits per heavy atom. The largest absolute Gasteiger partial charge is 0.374 e. The van der Waals surface area contributed by atoms with Gasteiger partial charge in [0, 0.05) is 24.5 Å². The van der Waals surface area contributed by atoms with E-state index >= 15 is 0 Å². The lowest BCUT2D eigenvalue weighted by atomic mass is 10.1. The normalized spacial score (nSPS) is 20.0. The molecule has 2 aromatic heterocycles. The molecular formula is C11H13N5OS. The Labute approximate surface area is 108 Å². The number of ether oxygens (including phenoxy) is 1. The summed E-state index contributed by atoms with van der Waals surface area (Å²) in [5.41, 5.74) is 6.69. The van der Waals surface area contributed by atoms with Gasteiger partial charge < -0.3 is 15.4 Å². The minimum atomic E-state index is 0.0255.